The molecule has 0 aliphatic carbocycles. The number of carbonyl (C=O) groups is 1. The van der Waals surface area contributed by atoms with Crippen LogP contribution in [0.1, 0.15) is 13.3 Å². The molecule has 0 atom stereocenters. The molecule has 1 aromatic heterocycles. The molecular formula is C10H15N3O2. The van der Waals surface area contributed by atoms with Gasteiger partial charge in [0.25, 0.3) is 0 Å². The summed E-state index contributed by atoms with van der Waals surface area (Å²) in [4.78, 5) is 14.9. The molecule has 0 bridgehead atoms. The van der Waals surface area contributed by atoms with E-state index in [1.807, 2.05) is 6.07 Å². The molecule has 5 heteroatoms. The molecule has 0 fully saturated rings. The summed E-state index contributed by atoms with van der Waals surface area (Å²) in [6.45, 7) is 2.74. The van der Waals surface area contributed by atoms with Gasteiger partial charge in [0, 0.05) is 6.54 Å². The Kier molecular flexibility index (Phi) is 4.40. The van der Waals surface area contributed by atoms with E-state index in [1.165, 1.54) is 0 Å². The molecule has 1 aromatic rings. The Bertz CT molecular complexity index is 311. The molecule has 0 saturated heterocycles. The molecular weight excluding hydrogens is 194 g/mol. The van der Waals surface area contributed by atoms with E-state index in [4.69, 9.17) is 10.5 Å². The third-order valence-corrected chi connectivity index (χ3v) is 1.75. The van der Waals surface area contributed by atoms with Crippen molar-refractivity contribution in [3.05, 3.63) is 18.3 Å². The molecule has 1 heterocycles. The van der Waals surface area contributed by atoms with Crippen molar-refractivity contribution in [1.82, 2.24) is 4.98 Å². The number of rotatable bonds is 5. The topological polar surface area (TPSA) is 77.2 Å². The van der Waals surface area contributed by atoms with Crippen molar-refractivity contribution >= 4 is 17.5 Å². The second-order valence-corrected chi connectivity index (χ2v) is 2.95. The van der Waals surface area contributed by atoms with Gasteiger partial charge in [-0.15, -0.1) is 0 Å². The van der Waals surface area contributed by atoms with E-state index >= 15 is 0 Å². The summed E-state index contributed by atoms with van der Waals surface area (Å²) in [5.74, 6) is 0.277. The number of aromatic nitrogens is 1. The first-order valence-electron chi connectivity index (χ1n) is 4.83. The molecule has 0 aliphatic rings. The number of nitrogen functional groups attached to an aromatic ring is 1. The average Bonchev–Trinajstić information content (AvgIpc) is 2.21. The molecule has 5 nitrogen and oxygen atoms in total. The normalized spacial score (nSPS) is 9.67. The van der Waals surface area contributed by atoms with Crippen LogP contribution in [0.25, 0.3) is 0 Å². The van der Waals surface area contributed by atoms with Crippen LogP contribution >= 0.6 is 0 Å². The van der Waals surface area contributed by atoms with E-state index in [-0.39, 0.29) is 5.97 Å². The number of hydrogen-bond acceptors (Lipinski definition) is 5. The van der Waals surface area contributed by atoms with Crippen molar-refractivity contribution < 1.29 is 9.53 Å². The van der Waals surface area contributed by atoms with Gasteiger partial charge in [-0.05, 0) is 19.1 Å². The predicted octanol–water partition coefficient (Wildman–Crippen LogP) is 1.03. The van der Waals surface area contributed by atoms with Crippen molar-refractivity contribution in [1.29, 1.82) is 0 Å². The zero-order valence-electron chi connectivity index (χ0n) is 8.69. The van der Waals surface area contributed by atoms with Gasteiger partial charge in [-0.3, -0.25) is 4.79 Å². The quantitative estimate of drug-likeness (QED) is 0.708. The largest absolute Gasteiger partial charge is 0.466 e. The molecule has 1 rings (SSSR count). The van der Waals surface area contributed by atoms with Crippen molar-refractivity contribution in [3.8, 4) is 0 Å². The molecule has 0 saturated carbocycles. The van der Waals surface area contributed by atoms with Crippen LogP contribution in [0.5, 0.6) is 0 Å². The fraction of sp³-hybridized carbons (Fsp3) is 0.400. The molecule has 0 spiro atoms. The highest BCUT2D eigenvalue weighted by molar-refractivity contribution is 5.70. The van der Waals surface area contributed by atoms with Crippen molar-refractivity contribution in [2.24, 2.45) is 0 Å². The zero-order valence-corrected chi connectivity index (χ0v) is 8.69. The van der Waals surface area contributed by atoms with E-state index in [0.29, 0.717) is 25.4 Å². The Morgan fingerprint density at radius 3 is 3.00 bits per heavy atom. The number of nitrogens with zero attached hydrogens (tertiary/aromatic N) is 1. The van der Waals surface area contributed by atoms with Crippen LogP contribution in [0.2, 0.25) is 0 Å². The zero-order chi connectivity index (χ0) is 11.1. The predicted molar refractivity (Wildman–Crippen MR) is 58.4 cm³/mol. The summed E-state index contributed by atoms with van der Waals surface area (Å²) >= 11 is 0. The van der Waals surface area contributed by atoms with E-state index in [2.05, 4.69) is 10.3 Å². The first-order valence-corrected chi connectivity index (χ1v) is 4.83. The smallest absolute Gasteiger partial charge is 0.307 e. The number of pyridine rings is 1. The van der Waals surface area contributed by atoms with Crippen molar-refractivity contribution in [2.75, 3.05) is 24.2 Å². The summed E-state index contributed by atoms with van der Waals surface area (Å²) in [5.41, 5.74) is 6.27. The monoisotopic (exact) mass is 209 g/mol. The Balaban J connectivity index is 2.26. The van der Waals surface area contributed by atoms with Gasteiger partial charge in [0.1, 0.15) is 5.82 Å². The second kappa shape index (κ2) is 5.85. The maximum atomic E-state index is 11.0. The van der Waals surface area contributed by atoms with Gasteiger partial charge in [-0.25, -0.2) is 4.98 Å². The first kappa shape index (κ1) is 11.3. The molecule has 0 aromatic carbocycles. The number of esters is 1. The lowest BCUT2D eigenvalue weighted by molar-refractivity contribution is -0.142. The number of nitrogens with two attached hydrogens (primary N) is 1. The SMILES string of the molecule is CCOC(=O)CCNc1ccc(N)nc1. The minimum Gasteiger partial charge on any atom is -0.466 e. The van der Waals surface area contributed by atoms with Crippen LogP contribution in [0.4, 0.5) is 11.5 Å². The van der Waals surface area contributed by atoms with Gasteiger partial charge in [-0.2, -0.15) is 0 Å². The van der Waals surface area contributed by atoms with Crippen molar-refractivity contribution in [2.45, 2.75) is 13.3 Å². The van der Waals surface area contributed by atoms with Gasteiger partial charge >= 0.3 is 5.97 Å². The fourth-order valence-electron chi connectivity index (χ4n) is 1.05. The van der Waals surface area contributed by atoms with Crippen LogP contribution in [0.3, 0.4) is 0 Å². The summed E-state index contributed by atoms with van der Waals surface area (Å²) < 4.78 is 4.78. The van der Waals surface area contributed by atoms with E-state index in [0.717, 1.165) is 5.69 Å². The van der Waals surface area contributed by atoms with Gasteiger partial charge in [0.2, 0.25) is 0 Å². The fourth-order valence-corrected chi connectivity index (χ4v) is 1.05. The summed E-state index contributed by atoms with van der Waals surface area (Å²) in [6.07, 6.45) is 1.97. The minimum atomic E-state index is -0.201. The lowest BCUT2D eigenvalue weighted by Gasteiger charge is -2.05. The highest BCUT2D eigenvalue weighted by Crippen LogP contribution is 2.06. The third kappa shape index (κ3) is 4.30. The van der Waals surface area contributed by atoms with Crippen LogP contribution in [-0.4, -0.2) is 24.1 Å². The van der Waals surface area contributed by atoms with Gasteiger partial charge < -0.3 is 15.8 Å². The molecule has 0 radical (unpaired) electrons. The molecule has 0 unspecified atom stereocenters. The molecule has 3 N–H and O–H groups in total. The van der Waals surface area contributed by atoms with Crippen LogP contribution in [0, 0.1) is 0 Å². The minimum absolute atomic E-state index is 0.201. The summed E-state index contributed by atoms with van der Waals surface area (Å²) in [6, 6.07) is 3.51. The standard InChI is InChI=1S/C10H15N3O2/c1-2-15-10(14)5-6-12-8-3-4-9(11)13-7-8/h3-4,7,12H,2,5-6H2,1H3,(H2,11,13). The number of anilines is 2. The van der Waals surface area contributed by atoms with E-state index < -0.39 is 0 Å². The molecule has 15 heavy (non-hydrogen) atoms. The van der Waals surface area contributed by atoms with Crippen LogP contribution in [-0.2, 0) is 9.53 Å². The van der Waals surface area contributed by atoms with Crippen LogP contribution < -0.4 is 11.1 Å². The first-order chi connectivity index (χ1) is 7.22. The Morgan fingerprint density at radius 1 is 1.60 bits per heavy atom. The van der Waals surface area contributed by atoms with E-state index in [1.54, 1.807) is 19.2 Å². The summed E-state index contributed by atoms with van der Waals surface area (Å²) in [7, 11) is 0. The maximum absolute atomic E-state index is 11.0. The van der Waals surface area contributed by atoms with Gasteiger partial charge in [0.15, 0.2) is 0 Å². The second-order valence-electron chi connectivity index (χ2n) is 2.95. The number of ether oxygens (including phenoxy) is 1. The number of carbonyl (C=O) groups excluding carboxylic acids is 1. The Labute approximate surface area is 88.6 Å². The molecule has 82 valence electrons. The average molecular weight is 209 g/mol. The molecule has 0 amide bonds. The summed E-state index contributed by atoms with van der Waals surface area (Å²) in [5, 5.41) is 3.04. The maximum Gasteiger partial charge on any atom is 0.307 e. The van der Waals surface area contributed by atoms with Gasteiger partial charge in [0.05, 0.1) is 24.9 Å². The Hall–Kier alpha value is -1.78. The van der Waals surface area contributed by atoms with Crippen LogP contribution in [0.15, 0.2) is 18.3 Å². The Morgan fingerprint density at radius 2 is 2.40 bits per heavy atom. The van der Waals surface area contributed by atoms with Crippen molar-refractivity contribution in [3.63, 3.8) is 0 Å². The number of nitrogens with one attached hydrogen (secondary N) is 1. The van der Waals surface area contributed by atoms with Gasteiger partial charge in [-0.1, -0.05) is 0 Å². The highest BCUT2D eigenvalue weighted by Gasteiger charge is 2.00. The highest BCUT2D eigenvalue weighted by atomic mass is 16.5. The number of hydrogen-bond donors (Lipinski definition) is 2. The van der Waals surface area contributed by atoms with E-state index in [9.17, 15) is 4.79 Å². The lowest BCUT2D eigenvalue weighted by atomic mass is 10.3. The lowest BCUT2D eigenvalue weighted by Crippen LogP contribution is -2.11. The third-order valence-electron chi connectivity index (χ3n) is 1.75. The molecule has 0 aliphatic heterocycles.